The summed E-state index contributed by atoms with van der Waals surface area (Å²) in [5.41, 5.74) is 0.653. The molecule has 0 aromatic heterocycles. The van der Waals surface area contributed by atoms with Gasteiger partial charge in [-0.2, -0.15) is 0 Å². The fraction of sp³-hybridized carbons (Fsp3) is 0.350. The number of benzene rings is 2. The van der Waals surface area contributed by atoms with E-state index in [1.807, 2.05) is 25.1 Å². The number of fused-ring (bicyclic) bond motifs is 4. The molecule has 7 nitrogen and oxygen atoms in total. The van der Waals surface area contributed by atoms with Crippen LogP contribution >= 0.6 is 15.9 Å². The summed E-state index contributed by atoms with van der Waals surface area (Å²) in [5, 5.41) is 3.08. The Labute approximate surface area is 171 Å². The molecule has 1 fully saturated rings. The number of nitrogens with one attached hydrogen (secondary N) is 1. The number of rotatable bonds is 4. The molecule has 0 radical (unpaired) electrons. The molecule has 0 saturated carbocycles. The molecule has 1 saturated heterocycles. The average Bonchev–Trinajstić information content (AvgIpc) is 2.67. The predicted molar refractivity (Wildman–Crippen MR) is 108 cm³/mol. The van der Waals surface area contributed by atoms with Crippen LogP contribution in [0.2, 0.25) is 0 Å². The van der Waals surface area contributed by atoms with Crippen LogP contribution in [0.25, 0.3) is 0 Å². The van der Waals surface area contributed by atoms with Crippen molar-refractivity contribution in [2.75, 3.05) is 26.2 Å². The van der Waals surface area contributed by atoms with E-state index in [1.54, 1.807) is 38.4 Å². The van der Waals surface area contributed by atoms with E-state index in [2.05, 4.69) is 21.2 Å². The highest BCUT2D eigenvalue weighted by molar-refractivity contribution is 9.10. The molecule has 8 heteroatoms. The highest BCUT2D eigenvalue weighted by atomic mass is 79.9. The number of amides is 2. The van der Waals surface area contributed by atoms with Gasteiger partial charge in [0.15, 0.2) is 28.7 Å². The van der Waals surface area contributed by atoms with Gasteiger partial charge in [-0.05, 0) is 31.2 Å². The summed E-state index contributed by atoms with van der Waals surface area (Å²) in [7, 11) is 4.73. The monoisotopic (exact) mass is 448 g/mol. The van der Waals surface area contributed by atoms with E-state index < -0.39 is 5.72 Å². The van der Waals surface area contributed by atoms with Gasteiger partial charge < -0.3 is 24.3 Å². The van der Waals surface area contributed by atoms with Crippen molar-refractivity contribution in [1.82, 2.24) is 5.32 Å². The predicted octanol–water partition coefficient (Wildman–Crippen LogP) is 4.24. The number of nitrogens with zero attached hydrogens (tertiary/aromatic N) is 1. The summed E-state index contributed by atoms with van der Waals surface area (Å²) < 4.78 is 23.5. The van der Waals surface area contributed by atoms with E-state index in [1.165, 1.54) is 0 Å². The summed E-state index contributed by atoms with van der Waals surface area (Å²) in [6.45, 7) is 1.90. The smallest absolute Gasteiger partial charge is 0.325 e. The zero-order valence-electron chi connectivity index (χ0n) is 16.0. The summed E-state index contributed by atoms with van der Waals surface area (Å²) >= 11 is 3.49. The van der Waals surface area contributed by atoms with E-state index in [4.69, 9.17) is 18.9 Å². The van der Waals surface area contributed by atoms with E-state index in [0.29, 0.717) is 35.1 Å². The molecule has 4 rings (SSSR count). The van der Waals surface area contributed by atoms with Crippen LogP contribution in [0.4, 0.5) is 10.5 Å². The molecule has 0 spiro atoms. The SMILES string of the molecule is COc1ccc(N2C(=O)N[C@H]3C[C@]2(C)Oc2c(OC)cc(Br)cc23)cc1OC. The van der Waals surface area contributed by atoms with Crippen LogP contribution in [-0.4, -0.2) is 33.1 Å². The minimum atomic E-state index is -0.888. The summed E-state index contributed by atoms with van der Waals surface area (Å²) in [6.07, 6.45) is 0.583. The maximum Gasteiger partial charge on any atom is 0.325 e. The van der Waals surface area contributed by atoms with Gasteiger partial charge >= 0.3 is 6.03 Å². The Hall–Kier alpha value is -2.61. The summed E-state index contributed by atoms with van der Waals surface area (Å²) in [5.74, 6) is 2.38. The van der Waals surface area contributed by atoms with Gasteiger partial charge in [-0.1, -0.05) is 15.9 Å². The number of ether oxygens (including phenoxy) is 4. The minimum Gasteiger partial charge on any atom is -0.493 e. The molecule has 28 heavy (non-hydrogen) atoms. The number of urea groups is 1. The molecule has 1 N–H and O–H groups in total. The maximum atomic E-state index is 13.0. The van der Waals surface area contributed by atoms with E-state index in [9.17, 15) is 4.79 Å². The Bertz CT molecular complexity index is 950. The lowest BCUT2D eigenvalue weighted by atomic mass is 9.90. The second-order valence-corrected chi connectivity index (χ2v) is 7.80. The van der Waals surface area contributed by atoms with Crippen molar-refractivity contribution in [3.8, 4) is 23.0 Å². The third kappa shape index (κ3) is 2.83. The lowest BCUT2D eigenvalue weighted by molar-refractivity contribution is 0.0349. The molecule has 0 aliphatic carbocycles. The molecule has 2 bridgehead atoms. The van der Waals surface area contributed by atoms with Crippen molar-refractivity contribution in [3.63, 3.8) is 0 Å². The average molecular weight is 449 g/mol. The molecule has 148 valence electrons. The van der Waals surface area contributed by atoms with Crippen molar-refractivity contribution in [2.45, 2.75) is 25.1 Å². The largest absolute Gasteiger partial charge is 0.493 e. The fourth-order valence-electron chi connectivity index (χ4n) is 3.91. The van der Waals surface area contributed by atoms with Crippen molar-refractivity contribution in [3.05, 3.63) is 40.4 Å². The quantitative estimate of drug-likeness (QED) is 0.756. The standard InChI is InChI=1S/C20H21BrN2O5/c1-20-10-14(13-7-11(21)8-17(27-4)18(13)28-20)22-19(24)23(20)12-5-6-15(25-2)16(9-12)26-3/h5-9,14H,10H2,1-4H3,(H,22,24)/t14-,20-/m0/s1. The van der Waals surface area contributed by atoms with E-state index in [-0.39, 0.29) is 12.1 Å². The number of carbonyl (C=O) groups excluding carboxylic acids is 1. The van der Waals surface area contributed by atoms with E-state index >= 15 is 0 Å². The molecule has 2 aromatic carbocycles. The van der Waals surface area contributed by atoms with Crippen molar-refractivity contribution < 1.29 is 23.7 Å². The Morgan fingerprint density at radius 1 is 1.11 bits per heavy atom. The second kappa shape index (κ2) is 6.77. The number of halogens is 1. The highest BCUT2D eigenvalue weighted by Gasteiger charge is 2.50. The first-order valence-corrected chi connectivity index (χ1v) is 9.58. The molecular formula is C20H21BrN2O5. The van der Waals surface area contributed by atoms with E-state index in [0.717, 1.165) is 10.0 Å². The van der Waals surface area contributed by atoms with Gasteiger partial charge in [0.25, 0.3) is 0 Å². The third-order valence-electron chi connectivity index (χ3n) is 5.15. The topological polar surface area (TPSA) is 69.3 Å². The molecule has 2 amide bonds. The van der Waals surface area contributed by atoms with Crippen molar-refractivity contribution in [2.24, 2.45) is 0 Å². The first-order valence-electron chi connectivity index (χ1n) is 8.79. The summed E-state index contributed by atoms with van der Waals surface area (Å²) in [6, 6.07) is 8.73. The number of hydrogen-bond donors (Lipinski definition) is 1. The molecule has 2 aromatic rings. The Kier molecular flexibility index (Phi) is 4.53. The maximum absolute atomic E-state index is 13.0. The third-order valence-corrected chi connectivity index (χ3v) is 5.61. The Morgan fingerprint density at radius 3 is 2.50 bits per heavy atom. The van der Waals surface area contributed by atoms with Gasteiger partial charge in [0.1, 0.15) is 0 Å². The van der Waals surface area contributed by atoms with Gasteiger partial charge in [0.05, 0.1) is 33.1 Å². The van der Waals surface area contributed by atoms with Crippen LogP contribution in [0, 0.1) is 0 Å². The normalized spacial score (nSPS) is 22.7. The van der Waals surface area contributed by atoms with Crippen LogP contribution in [-0.2, 0) is 0 Å². The molecule has 2 aliphatic heterocycles. The lowest BCUT2D eigenvalue weighted by Gasteiger charge is -2.50. The minimum absolute atomic E-state index is 0.177. The first kappa shape index (κ1) is 18.7. The van der Waals surface area contributed by atoms with Crippen LogP contribution in [0.3, 0.4) is 0 Å². The van der Waals surface area contributed by atoms with Gasteiger partial charge in [-0.25, -0.2) is 4.79 Å². The van der Waals surface area contributed by atoms with Crippen LogP contribution < -0.4 is 29.2 Å². The second-order valence-electron chi connectivity index (χ2n) is 6.88. The lowest BCUT2D eigenvalue weighted by Crippen LogP contribution is -2.65. The molecule has 2 heterocycles. The zero-order valence-corrected chi connectivity index (χ0v) is 17.6. The van der Waals surface area contributed by atoms with Gasteiger partial charge in [0, 0.05) is 22.5 Å². The van der Waals surface area contributed by atoms with Gasteiger partial charge in [0.2, 0.25) is 0 Å². The Morgan fingerprint density at radius 2 is 1.82 bits per heavy atom. The van der Waals surface area contributed by atoms with Crippen LogP contribution in [0.5, 0.6) is 23.0 Å². The molecular weight excluding hydrogens is 428 g/mol. The Balaban J connectivity index is 1.81. The number of methoxy groups -OCH3 is 3. The number of hydrogen-bond acceptors (Lipinski definition) is 5. The molecule has 0 unspecified atom stereocenters. The highest BCUT2D eigenvalue weighted by Crippen LogP contribution is 2.50. The fourth-order valence-corrected chi connectivity index (χ4v) is 4.36. The van der Waals surface area contributed by atoms with Crippen LogP contribution in [0.1, 0.15) is 24.9 Å². The number of carbonyl (C=O) groups is 1. The molecule has 2 aliphatic rings. The first-order chi connectivity index (χ1) is 13.4. The van der Waals surface area contributed by atoms with Crippen LogP contribution in [0.15, 0.2) is 34.8 Å². The van der Waals surface area contributed by atoms with Gasteiger partial charge in [-0.3, -0.25) is 4.90 Å². The van der Waals surface area contributed by atoms with Gasteiger partial charge in [-0.15, -0.1) is 0 Å². The molecule has 2 atom stereocenters. The number of anilines is 1. The van der Waals surface area contributed by atoms with Crippen molar-refractivity contribution in [1.29, 1.82) is 0 Å². The van der Waals surface area contributed by atoms with Crippen molar-refractivity contribution >= 4 is 27.6 Å². The summed E-state index contributed by atoms with van der Waals surface area (Å²) in [4.78, 5) is 14.6. The zero-order chi connectivity index (χ0) is 20.1.